The van der Waals surface area contributed by atoms with Crippen molar-refractivity contribution in [1.29, 1.82) is 0 Å². The molecular formula is C16H18N2O4S. The predicted molar refractivity (Wildman–Crippen MR) is 85.0 cm³/mol. The Morgan fingerprint density at radius 1 is 1.09 bits per heavy atom. The molecule has 1 saturated heterocycles. The monoisotopic (exact) mass is 334 g/mol. The van der Waals surface area contributed by atoms with Crippen molar-refractivity contribution in [2.24, 2.45) is 0 Å². The minimum absolute atomic E-state index is 0.148. The van der Waals surface area contributed by atoms with Gasteiger partial charge in [0.15, 0.2) is 0 Å². The fraction of sp³-hybridized carbons (Fsp3) is 0.312. The molecule has 1 atom stereocenters. The van der Waals surface area contributed by atoms with Crippen LogP contribution in [0.4, 0.5) is 0 Å². The van der Waals surface area contributed by atoms with Gasteiger partial charge in [-0.3, -0.25) is 4.98 Å². The molecule has 0 amide bonds. The summed E-state index contributed by atoms with van der Waals surface area (Å²) < 4.78 is 37.6. The fourth-order valence-electron chi connectivity index (χ4n) is 2.52. The maximum absolute atomic E-state index is 12.7. The van der Waals surface area contributed by atoms with Crippen LogP contribution in [0.5, 0.6) is 11.5 Å². The number of methoxy groups -OCH3 is 1. The number of aromatic nitrogens is 1. The number of ether oxygens (including phenoxy) is 2. The lowest BCUT2D eigenvalue weighted by Gasteiger charge is -2.17. The normalized spacial score (nSPS) is 18.7. The van der Waals surface area contributed by atoms with Crippen molar-refractivity contribution in [2.45, 2.75) is 17.4 Å². The molecule has 2 aromatic rings. The molecule has 6 nitrogen and oxygen atoms in total. The zero-order chi connectivity index (χ0) is 16.3. The van der Waals surface area contributed by atoms with Crippen molar-refractivity contribution in [2.75, 3.05) is 20.2 Å². The third kappa shape index (κ3) is 3.46. The van der Waals surface area contributed by atoms with E-state index in [-0.39, 0.29) is 11.0 Å². The Morgan fingerprint density at radius 3 is 2.43 bits per heavy atom. The van der Waals surface area contributed by atoms with Crippen LogP contribution in [-0.2, 0) is 10.0 Å². The molecule has 0 spiro atoms. The lowest BCUT2D eigenvalue weighted by atomic mass is 10.3. The molecule has 1 unspecified atom stereocenters. The van der Waals surface area contributed by atoms with E-state index in [1.165, 1.54) is 4.31 Å². The summed E-state index contributed by atoms with van der Waals surface area (Å²) in [6, 6.07) is 9.94. The van der Waals surface area contributed by atoms with Gasteiger partial charge in [0.25, 0.3) is 0 Å². The van der Waals surface area contributed by atoms with Gasteiger partial charge in [0.05, 0.1) is 18.6 Å². The van der Waals surface area contributed by atoms with E-state index in [4.69, 9.17) is 9.47 Å². The molecule has 0 saturated carbocycles. The van der Waals surface area contributed by atoms with E-state index < -0.39 is 10.0 Å². The van der Waals surface area contributed by atoms with Crippen LogP contribution in [0.3, 0.4) is 0 Å². The van der Waals surface area contributed by atoms with Gasteiger partial charge >= 0.3 is 0 Å². The van der Waals surface area contributed by atoms with Gasteiger partial charge < -0.3 is 9.47 Å². The highest BCUT2D eigenvalue weighted by atomic mass is 32.2. The molecule has 0 radical (unpaired) electrons. The second-order valence-corrected chi connectivity index (χ2v) is 7.19. The summed E-state index contributed by atoms with van der Waals surface area (Å²) in [4.78, 5) is 4.20. The lowest BCUT2D eigenvalue weighted by Crippen LogP contribution is -2.31. The Balaban J connectivity index is 1.69. The van der Waals surface area contributed by atoms with E-state index in [9.17, 15) is 8.42 Å². The lowest BCUT2D eigenvalue weighted by molar-refractivity contribution is 0.215. The molecule has 1 aliphatic heterocycles. The SMILES string of the molecule is COc1ccc(S(=O)(=O)N2CCC(Oc3ccncc3)C2)cc1. The minimum atomic E-state index is -3.50. The first-order valence-corrected chi connectivity index (χ1v) is 8.74. The molecule has 1 aromatic carbocycles. The zero-order valence-electron chi connectivity index (χ0n) is 12.8. The van der Waals surface area contributed by atoms with Gasteiger partial charge in [-0.15, -0.1) is 0 Å². The summed E-state index contributed by atoms with van der Waals surface area (Å²) in [6.07, 6.45) is 3.81. The van der Waals surface area contributed by atoms with Crippen LogP contribution in [0, 0.1) is 0 Å². The second-order valence-electron chi connectivity index (χ2n) is 5.25. The van der Waals surface area contributed by atoms with E-state index in [0.717, 1.165) is 0 Å². The molecular weight excluding hydrogens is 316 g/mol. The molecule has 3 rings (SSSR count). The van der Waals surface area contributed by atoms with E-state index in [0.29, 0.717) is 31.0 Å². The van der Waals surface area contributed by atoms with Gasteiger partial charge in [0.1, 0.15) is 17.6 Å². The van der Waals surface area contributed by atoms with Crippen molar-refractivity contribution in [3.63, 3.8) is 0 Å². The number of hydrogen-bond donors (Lipinski definition) is 0. The number of pyridine rings is 1. The topological polar surface area (TPSA) is 68.7 Å². The van der Waals surface area contributed by atoms with Crippen molar-refractivity contribution in [1.82, 2.24) is 9.29 Å². The number of nitrogens with zero attached hydrogens (tertiary/aromatic N) is 2. The van der Waals surface area contributed by atoms with Crippen LogP contribution in [0.25, 0.3) is 0 Å². The van der Waals surface area contributed by atoms with Crippen LogP contribution in [0.1, 0.15) is 6.42 Å². The number of sulfonamides is 1. The van der Waals surface area contributed by atoms with Crippen LogP contribution in [0.2, 0.25) is 0 Å². The summed E-state index contributed by atoms with van der Waals surface area (Å²) in [5.41, 5.74) is 0. The van der Waals surface area contributed by atoms with E-state index in [2.05, 4.69) is 4.98 Å². The predicted octanol–water partition coefficient (Wildman–Crippen LogP) is 1.93. The quantitative estimate of drug-likeness (QED) is 0.836. The van der Waals surface area contributed by atoms with Gasteiger partial charge in [0, 0.05) is 18.9 Å². The van der Waals surface area contributed by atoms with Gasteiger partial charge in [-0.05, 0) is 42.8 Å². The van der Waals surface area contributed by atoms with E-state index in [1.54, 1.807) is 55.9 Å². The Morgan fingerprint density at radius 2 is 1.78 bits per heavy atom. The number of benzene rings is 1. The molecule has 23 heavy (non-hydrogen) atoms. The fourth-order valence-corrected chi connectivity index (χ4v) is 4.00. The van der Waals surface area contributed by atoms with Gasteiger partial charge in [-0.25, -0.2) is 8.42 Å². The summed E-state index contributed by atoms with van der Waals surface area (Å²) in [5, 5.41) is 0. The van der Waals surface area contributed by atoms with Crippen LogP contribution >= 0.6 is 0 Å². The molecule has 0 N–H and O–H groups in total. The highest BCUT2D eigenvalue weighted by molar-refractivity contribution is 7.89. The van der Waals surface area contributed by atoms with Crippen molar-refractivity contribution >= 4 is 10.0 Å². The Hall–Kier alpha value is -2.12. The molecule has 2 heterocycles. The van der Waals surface area contributed by atoms with Gasteiger partial charge in [-0.1, -0.05) is 0 Å². The summed E-state index contributed by atoms with van der Waals surface area (Å²) >= 11 is 0. The standard InChI is InChI=1S/C16H18N2O4S/c1-21-13-2-4-16(5-3-13)23(19,20)18-11-8-15(12-18)22-14-6-9-17-10-7-14/h2-7,9-10,15H,8,11-12H2,1H3. The summed E-state index contributed by atoms with van der Waals surface area (Å²) in [6.45, 7) is 0.792. The largest absolute Gasteiger partial charge is 0.497 e. The first kappa shape index (κ1) is 15.8. The van der Waals surface area contributed by atoms with Crippen molar-refractivity contribution < 1.29 is 17.9 Å². The molecule has 7 heteroatoms. The first-order chi connectivity index (χ1) is 11.1. The molecule has 1 aliphatic rings. The molecule has 0 aliphatic carbocycles. The summed E-state index contributed by atoms with van der Waals surface area (Å²) in [5.74, 6) is 1.33. The summed E-state index contributed by atoms with van der Waals surface area (Å²) in [7, 11) is -1.96. The minimum Gasteiger partial charge on any atom is -0.497 e. The van der Waals surface area contributed by atoms with Gasteiger partial charge in [0.2, 0.25) is 10.0 Å². The highest BCUT2D eigenvalue weighted by Crippen LogP contribution is 2.25. The zero-order valence-corrected chi connectivity index (χ0v) is 13.6. The maximum atomic E-state index is 12.7. The average Bonchev–Trinajstić information content (AvgIpc) is 3.05. The average molecular weight is 334 g/mol. The number of rotatable bonds is 5. The Kier molecular flexibility index (Phi) is 4.49. The molecule has 122 valence electrons. The van der Waals surface area contributed by atoms with E-state index >= 15 is 0 Å². The Bertz CT molecular complexity index is 747. The van der Waals surface area contributed by atoms with Crippen LogP contribution in [-0.4, -0.2) is 44.0 Å². The Labute approximate surface area is 135 Å². The highest BCUT2D eigenvalue weighted by Gasteiger charge is 2.33. The van der Waals surface area contributed by atoms with Crippen molar-refractivity contribution in [3.8, 4) is 11.5 Å². The van der Waals surface area contributed by atoms with Gasteiger partial charge in [-0.2, -0.15) is 4.31 Å². The third-order valence-electron chi connectivity index (χ3n) is 3.76. The molecule has 0 bridgehead atoms. The first-order valence-electron chi connectivity index (χ1n) is 7.30. The maximum Gasteiger partial charge on any atom is 0.243 e. The van der Waals surface area contributed by atoms with Crippen LogP contribution in [0.15, 0.2) is 53.7 Å². The third-order valence-corrected chi connectivity index (χ3v) is 5.64. The second kappa shape index (κ2) is 6.55. The molecule has 1 fully saturated rings. The van der Waals surface area contributed by atoms with Crippen LogP contribution < -0.4 is 9.47 Å². The van der Waals surface area contributed by atoms with E-state index in [1.807, 2.05) is 0 Å². The smallest absolute Gasteiger partial charge is 0.243 e. The number of hydrogen-bond acceptors (Lipinski definition) is 5. The van der Waals surface area contributed by atoms with Crippen molar-refractivity contribution in [3.05, 3.63) is 48.8 Å². The molecule has 1 aromatic heterocycles.